The van der Waals surface area contributed by atoms with Crippen LogP contribution in [0.2, 0.25) is 0 Å². The standard InChI is InChI=1S/C21H17FN4O/c22-18-5-1-15(2-6-18)9-10-25-21(27)17-11-20(14-24-13-17)26-19-7-3-16(12-23)4-8-19/h1-8,11,13-14,26H,9-10H2,(H,25,27). The molecule has 0 atom stereocenters. The van der Waals surface area contributed by atoms with E-state index in [-0.39, 0.29) is 11.7 Å². The molecule has 0 bridgehead atoms. The molecule has 5 nitrogen and oxygen atoms in total. The zero-order valence-corrected chi connectivity index (χ0v) is 14.4. The Hall–Kier alpha value is -3.72. The fourth-order valence-corrected chi connectivity index (χ4v) is 2.50. The Morgan fingerprint density at radius 1 is 1.04 bits per heavy atom. The number of hydrogen-bond donors (Lipinski definition) is 2. The van der Waals surface area contributed by atoms with Crippen LogP contribution in [0.1, 0.15) is 21.5 Å². The fourth-order valence-electron chi connectivity index (χ4n) is 2.50. The van der Waals surface area contributed by atoms with E-state index < -0.39 is 0 Å². The van der Waals surface area contributed by atoms with Gasteiger partial charge in [0.2, 0.25) is 0 Å². The summed E-state index contributed by atoms with van der Waals surface area (Å²) >= 11 is 0. The van der Waals surface area contributed by atoms with Crippen molar-refractivity contribution in [3.8, 4) is 6.07 Å². The van der Waals surface area contributed by atoms with Crippen LogP contribution in [0.25, 0.3) is 0 Å². The van der Waals surface area contributed by atoms with Gasteiger partial charge < -0.3 is 10.6 Å². The lowest BCUT2D eigenvalue weighted by Gasteiger charge is -2.09. The maximum Gasteiger partial charge on any atom is 0.252 e. The minimum absolute atomic E-state index is 0.229. The summed E-state index contributed by atoms with van der Waals surface area (Å²) in [6, 6.07) is 17.0. The number of carbonyl (C=O) groups is 1. The molecule has 27 heavy (non-hydrogen) atoms. The molecule has 1 amide bonds. The van der Waals surface area contributed by atoms with E-state index in [1.807, 2.05) is 0 Å². The largest absolute Gasteiger partial charge is 0.354 e. The minimum Gasteiger partial charge on any atom is -0.354 e. The van der Waals surface area contributed by atoms with Crippen molar-refractivity contribution in [1.82, 2.24) is 10.3 Å². The van der Waals surface area contributed by atoms with Crippen LogP contribution < -0.4 is 10.6 Å². The summed E-state index contributed by atoms with van der Waals surface area (Å²) in [5.41, 5.74) is 3.43. The molecule has 1 aromatic heterocycles. The summed E-state index contributed by atoms with van der Waals surface area (Å²) in [5.74, 6) is -0.506. The van der Waals surface area contributed by atoms with Crippen molar-refractivity contribution in [3.05, 3.63) is 89.5 Å². The normalized spacial score (nSPS) is 10.1. The number of hydrogen-bond acceptors (Lipinski definition) is 4. The van der Waals surface area contributed by atoms with Crippen LogP contribution >= 0.6 is 0 Å². The smallest absolute Gasteiger partial charge is 0.252 e. The number of aromatic nitrogens is 1. The summed E-state index contributed by atoms with van der Waals surface area (Å²) < 4.78 is 12.9. The Bertz CT molecular complexity index is 963. The number of halogens is 1. The van der Waals surface area contributed by atoms with E-state index in [0.717, 1.165) is 11.3 Å². The average Bonchev–Trinajstić information content (AvgIpc) is 2.70. The van der Waals surface area contributed by atoms with Crippen LogP contribution in [0.15, 0.2) is 67.0 Å². The number of nitriles is 1. The van der Waals surface area contributed by atoms with Crippen molar-refractivity contribution in [1.29, 1.82) is 5.26 Å². The van der Waals surface area contributed by atoms with Gasteiger partial charge in [0.25, 0.3) is 5.91 Å². The summed E-state index contributed by atoms with van der Waals surface area (Å²) in [7, 11) is 0. The Morgan fingerprint density at radius 2 is 1.78 bits per heavy atom. The third-order valence-electron chi connectivity index (χ3n) is 3.92. The van der Waals surface area contributed by atoms with Crippen molar-refractivity contribution in [3.63, 3.8) is 0 Å². The number of amides is 1. The number of carbonyl (C=O) groups excluding carboxylic acids is 1. The van der Waals surface area contributed by atoms with Crippen LogP contribution in [-0.2, 0) is 6.42 Å². The van der Waals surface area contributed by atoms with Gasteiger partial charge in [-0.25, -0.2) is 4.39 Å². The maximum atomic E-state index is 12.9. The van der Waals surface area contributed by atoms with Gasteiger partial charge in [-0.3, -0.25) is 9.78 Å². The number of benzene rings is 2. The highest BCUT2D eigenvalue weighted by Gasteiger charge is 2.07. The Morgan fingerprint density at radius 3 is 2.48 bits per heavy atom. The topological polar surface area (TPSA) is 77.8 Å². The zero-order valence-electron chi connectivity index (χ0n) is 14.4. The summed E-state index contributed by atoms with van der Waals surface area (Å²) in [6.45, 7) is 0.442. The van der Waals surface area contributed by atoms with Gasteiger partial charge in [-0.1, -0.05) is 12.1 Å². The van der Waals surface area contributed by atoms with Gasteiger partial charge in [-0.2, -0.15) is 5.26 Å². The maximum absolute atomic E-state index is 12.9. The second kappa shape index (κ2) is 8.59. The molecule has 0 unspecified atom stereocenters. The Kier molecular flexibility index (Phi) is 5.75. The van der Waals surface area contributed by atoms with E-state index in [4.69, 9.17) is 5.26 Å². The molecular weight excluding hydrogens is 343 g/mol. The van der Waals surface area contributed by atoms with Gasteiger partial charge in [0, 0.05) is 18.4 Å². The Labute approximate surface area is 156 Å². The average molecular weight is 360 g/mol. The van der Waals surface area contributed by atoms with E-state index in [9.17, 15) is 9.18 Å². The number of rotatable bonds is 6. The molecule has 0 spiro atoms. The molecule has 134 valence electrons. The summed E-state index contributed by atoms with van der Waals surface area (Å²) in [6.07, 6.45) is 3.73. The van der Waals surface area contributed by atoms with E-state index in [0.29, 0.717) is 29.8 Å². The predicted octanol–water partition coefficient (Wildman–Crippen LogP) is 3.81. The van der Waals surface area contributed by atoms with Gasteiger partial charge in [0.05, 0.1) is 29.1 Å². The molecule has 0 aliphatic carbocycles. The summed E-state index contributed by atoms with van der Waals surface area (Å²) in [5, 5.41) is 14.8. The van der Waals surface area contributed by atoms with Crippen molar-refractivity contribution in [2.24, 2.45) is 0 Å². The highest BCUT2D eigenvalue weighted by Crippen LogP contribution is 2.17. The predicted molar refractivity (Wildman–Crippen MR) is 101 cm³/mol. The SMILES string of the molecule is N#Cc1ccc(Nc2cncc(C(=O)NCCc3ccc(F)cc3)c2)cc1. The van der Waals surface area contributed by atoms with E-state index in [2.05, 4.69) is 21.7 Å². The third kappa shape index (κ3) is 5.13. The molecule has 2 N–H and O–H groups in total. The summed E-state index contributed by atoms with van der Waals surface area (Å²) in [4.78, 5) is 16.4. The van der Waals surface area contributed by atoms with Gasteiger partial charge >= 0.3 is 0 Å². The lowest BCUT2D eigenvalue weighted by molar-refractivity contribution is 0.0954. The van der Waals surface area contributed by atoms with Crippen molar-refractivity contribution in [2.75, 3.05) is 11.9 Å². The molecule has 3 aromatic rings. The monoisotopic (exact) mass is 360 g/mol. The number of nitrogens with one attached hydrogen (secondary N) is 2. The van der Waals surface area contributed by atoms with Crippen LogP contribution in [0.4, 0.5) is 15.8 Å². The molecule has 0 aliphatic rings. The van der Waals surface area contributed by atoms with Crippen molar-refractivity contribution < 1.29 is 9.18 Å². The molecule has 0 saturated carbocycles. The number of nitrogens with zero attached hydrogens (tertiary/aromatic N) is 2. The van der Waals surface area contributed by atoms with Gasteiger partial charge in [-0.05, 0) is 54.4 Å². The molecule has 2 aromatic carbocycles. The van der Waals surface area contributed by atoms with Gasteiger partial charge in [0.1, 0.15) is 5.82 Å². The lowest BCUT2D eigenvalue weighted by atomic mass is 10.1. The number of pyridine rings is 1. The van der Waals surface area contributed by atoms with E-state index >= 15 is 0 Å². The molecule has 0 radical (unpaired) electrons. The fraction of sp³-hybridized carbons (Fsp3) is 0.0952. The highest BCUT2D eigenvalue weighted by molar-refractivity contribution is 5.94. The van der Waals surface area contributed by atoms with Crippen LogP contribution in [0.3, 0.4) is 0 Å². The number of anilines is 2. The molecule has 3 rings (SSSR count). The van der Waals surface area contributed by atoms with Crippen LogP contribution in [0, 0.1) is 17.1 Å². The second-order valence-corrected chi connectivity index (χ2v) is 5.91. The lowest BCUT2D eigenvalue weighted by Crippen LogP contribution is -2.25. The molecule has 6 heteroatoms. The highest BCUT2D eigenvalue weighted by atomic mass is 19.1. The minimum atomic E-state index is -0.277. The van der Waals surface area contributed by atoms with Crippen LogP contribution in [0.5, 0.6) is 0 Å². The van der Waals surface area contributed by atoms with Crippen molar-refractivity contribution in [2.45, 2.75) is 6.42 Å². The molecular formula is C21H17FN4O. The van der Waals surface area contributed by atoms with E-state index in [1.54, 1.807) is 48.7 Å². The van der Waals surface area contributed by atoms with Gasteiger partial charge in [0.15, 0.2) is 0 Å². The molecule has 0 aliphatic heterocycles. The first-order chi connectivity index (χ1) is 13.1. The first-order valence-corrected chi connectivity index (χ1v) is 8.39. The third-order valence-corrected chi connectivity index (χ3v) is 3.92. The second-order valence-electron chi connectivity index (χ2n) is 5.91. The van der Waals surface area contributed by atoms with Crippen molar-refractivity contribution >= 4 is 17.3 Å². The zero-order chi connectivity index (χ0) is 19.1. The molecule has 0 fully saturated rings. The Balaban J connectivity index is 1.57. The van der Waals surface area contributed by atoms with Gasteiger partial charge in [-0.15, -0.1) is 0 Å². The van der Waals surface area contributed by atoms with Crippen LogP contribution in [-0.4, -0.2) is 17.4 Å². The molecule has 1 heterocycles. The first-order valence-electron chi connectivity index (χ1n) is 8.39. The quantitative estimate of drug-likeness (QED) is 0.701. The first kappa shape index (κ1) is 18.1. The van der Waals surface area contributed by atoms with E-state index in [1.165, 1.54) is 18.3 Å². The molecule has 0 saturated heterocycles.